The van der Waals surface area contributed by atoms with Gasteiger partial charge in [-0.15, -0.1) is 0 Å². The molecule has 1 aliphatic rings. The van der Waals surface area contributed by atoms with E-state index in [1.807, 2.05) is 51.1 Å². The van der Waals surface area contributed by atoms with Gasteiger partial charge in [-0.25, -0.2) is 0 Å². The average Bonchev–Trinajstić information content (AvgIpc) is 3.12. The highest BCUT2D eigenvalue weighted by Crippen LogP contribution is 2.33. The molecule has 0 radical (unpaired) electrons. The van der Waals surface area contributed by atoms with Crippen LogP contribution in [0.4, 0.5) is 4.79 Å². The van der Waals surface area contributed by atoms with Crippen LogP contribution in [-0.4, -0.2) is 39.2 Å². The van der Waals surface area contributed by atoms with Crippen LogP contribution in [0.1, 0.15) is 37.2 Å². The molecule has 30 heavy (non-hydrogen) atoms. The van der Waals surface area contributed by atoms with Crippen LogP contribution in [0.2, 0.25) is 5.02 Å². The van der Waals surface area contributed by atoms with Crippen molar-refractivity contribution in [2.24, 2.45) is 0 Å². The van der Waals surface area contributed by atoms with Gasteiger partial charge in [0, 0.05) is 22.1 Å². The number of esters is 1. The van der Waals surface area contributed by atoms with E-state index in [1.165, 1.54) is 0 Å². The summed E-state index contributed by atoms with van der Waals surface area (Å²) in [6.07, 6.45) is 2.10. The van der Waals surface area contributed by atoms with Crippen molar-refractivity contribution in [1.29, 1.82) is 0 Å². The number of thioether (sulfide) groups is 1. The first kappa shape index (κ1) is 22.2. The summed E-state index contributed by atoms with van der Waals surface area (Å²) in [5.74, 6) is -1.07. The number of hydrogen-bond donors (Lipinski definition) is 0. The summed E-state index contributed by atoms with van der Waals surface area (Å²) in [4.78, 5) is 38.2. The average molecular weight is 447 g/mol. The van der Waals surface area contributed by atoms with E-state index in [1.54, 1.807) is 13.0 Å². The SMILES string of the molecule is CC[C@H](C)OC(=O)CN1C(=O)S/C(=C/c2cc(C)n(-c3ccc(Cl)cc3)c2C)C1=O. The molecule has 1 aromatic carbocycles. The fourth-order valence-electron chi connectivity index (χ4n) is 3.17. The van der Waals surface area contributed by atoms with Crippen molar-refractivity contribution in [3.63, 3.8) is 0 Å². The highest BCUT2D eigenvalue weighted by molar-refractivity contribution is 8.18. The zero-order chi connectivity index (χ0) is 22.0. The Morgan fingerprint density at radius 1 is 1.23 bits per heavy atom. The van der Waals surface area contributed by atoms with Crippen LogP contribution < -0.4 is 0 Å². The van der Waals surface area contributed by atoms with Crippen LogP contribution >= 0.6 is 23.4 Å². The number of amides is 2. The van der Waals surface area contributed by atoms with E-state index in [-0.39, 0.29) is 17.6 Å². The van der Waals surface area contributed by atoms with E-state index in [0.717, 1.165) is 39.3 Å². The number of nitrogens with zero attached hydrogens (tertiary/aromatic N) is 2. The van der Waals surface area contributed by atoms with Crippen LogP contribution in [0.15, 0.2) is 35.2 Å². The first-order valence-electron chi connectivity index (χ1n) is 9.61. The number of carbonyl (C=O) groups is 3. The van der Waals surface area contributed by atoms with Crippen molar-refractivity contribution in [2.45, 2.75) is 40.2 Å². The number of carbonyl (C=O) groups excluding carboxylic acids is 3. The summed E-state index contributed by atoms with van der Waals surface area (Å²) in [5.41, 5.74) is 3.69. The third-order valence-corrected chi connectivity index (χ3v) is 6.07. The zero-order valence-corrected chi connectivity index (χ0v) is 18.8. The summed E-state index contributed by atoms with van der Waals surface area (Å²) >= 11 is 6.81. The van der Waals surface area contributed by atoms with Gasteiger partial charge in [0.2, 0.25) is 0 Å². The van der Waals surface area contributed by atoms with Crippen molar-refractivity contribution in [3.05, 3.63) is 57.2 Å². The third kappa shape index (κ3) is 4.63. The van der Waals surface area contributed by atoms with E-state index in [0.29, 0.717) is 11.4 Å². The molecule has 1 saturated heterocycles. The molecule has 0 N–H and O–H groups in total. The minimum absolute atomic E-state index is 0.258. The lowest BCUT2D eigenvalue weighted by molar-refractivity contribution is -0.150. The highest BCUT2D eigenvalue weighted by atomic mass is 35.5. The summed E-state index contributed by atoms with van der Waals surface area (Å²) < 4.78 is 7.23. The van der Waals surface area contributed by atoms with Gasteiger partial charge >= 0.3 is 5.97 Å². The van der Waals surface area contributed by atoms with Gasteiger partial charge in [0.15, 0.2) is 0 Å². The van der Waals surface area contributed by atoms with Crippen LogP contribution in [0.5, 0.6) is 0 Å². The maximum absolute atomic E-state index is 12.7. The third-order valence-electron chi connectivity index (χ3n) is 4.91. The Balaban J connectivity index is 1.83. The summed E-state index contributed by atoms with van der Waals surface area (Å²) in [5, 5.41) is 0.181. The van der Waals surface area contributed by atoms with Gasteiger partial charge in [0.1, 0.15) is 6.54 Å². The predicted molar refractivity (Wildman–Crippen MR) is 119 cm³/mol. The molecule has 2 heterocycles. The van der Waals surface area contributed by atoms with E-state index >= 15 is 0 Å². The second-order valence-corrected chi connectivity index (χ2v) is 8.54. The molecule has 1 fully saturated rings. The van der Waals surface area contributed by atoms with Crippen LogP contribution in [0.25, 0.3) is 11.8 Å². The number of aromatic nitrogens is 1. The van der Waals surface area contributed by atoms with Gasteiger partial charge in [-0.05, 0) is 80.9 Å². The number of rotatable bonds is 6. The lowest BCUT2D eigenvalue weighted by Crippen LogP contribution is -2.35. The Morgan fingerprint density at radius 3 is 2.53 bits per heavy atom. The fourth-order valence-corrected chi connectivity index (χ4v) is 4.13. The normalized spacial score (nSPS) is 16.4. The molecular formula is C22H23ClN2O4S. The molecular weight excluding hydrogens is 424 g/mol. The summed E-state index contributed by atoms with van der Waals surface area (Å²) in [7, 11) is 0. The molecule has 2 aromatic rings. The second-order valence-electron chi connectivity index (χ2n) is 7.11. The maximum Gasteiger partial charge on any atom is 0.326 e. The summed E-state index contributed by atoms with van der Waals surface area (Å²) in [6, 6.07) is 9.43. The Hall–Kier alpha value is -2.51. The summed E-state index contributed by atoms with van der Waals surface area (Å²) in [6.45, 7) is 7.19. The molecule has 1 aromatic heterocycles. The van der Waals surface area contributed by atoms with Crippen molar-refractivity contribution in [1.82, 2.24) is 9.47 Å². The lowest BCUT2D eigenvalue weighted by atomic mass is 10.2. The van der Waals surface area contributed by atoms with Crippen molar-refractivity contribution < 1.29 is 19.1 Å². The van der Waals surface area contributed by atoms with E-state index < -0.39 is 17.1 Å². The molecule has 158 valence electrons. The molecule has 0 aliphatic carbocycles. The number of benzene rings is 1. The number of imide groups is 1. The van der Waals surface area contributed by atoms with Gasteiger partial charge in [-0.2, -0.15) is 0 Å². The van der Waals surface area contributed by atoms with Gasteiger partial charge in [0.25, 0.3) is 11.1 Å². The van der Waals surface area contributed by atoms with E-state index in [4.69, 9.17) is 16.3 Å². The molecule has 2 amide bonds. The number of halogens is 1. The van der Waals surface area contributed by atoms with Crippen LogP contribution in [0, 0.1) is 13.8 Å². The lowest BCUT2D eigenvalue weighted by Gasteiger charge is -2.14. The molecule has 0 unspecified atom stereocenters. The number of aryl methyl sites for hydroxylation is 1. The van der Waals surface area contributed by atoms with Crippen LogP contribution in [-0.2, 0) is 14.3 Å². The Bertz CT molecular complexity index is 1030. The van der Waals surface area contributed by atoms with Crippen molar-refractivity contribution in [2.75, 3.05) is 6.54 Å². The molecule has 1 atom stereocenters. The molecule has 3 rings (SSSR count). The van der Waals surface area contributed by atoms with Crippen molar-refractivity contribution in [3.8, 4) is 5.69 Å². The highest BCUT2D eigenvalue weighted by Gasteiger charge is 2.37. The first-order valence-corrected chi connectivity index (χ1v) is 10.8. The van der Waals surface area contributed by atoms with Gasteiger partial charge < -0.3 is 9.30 Å². The second kappa shape index (κ2) is 9.10. The molecule has 0 spiro atoms. The van der Waals surface area contributed by atoms with E-state index in [2.05, 4.69) is 4.57 Å². The number of hydrogen-bond acceptors (Lipinski definition) is 5. The minimum Gasteiger partial charge on any atom is -0.461 e. The largest absolute Gasteiger partial charge is 0.461 e. The van der Waals surface area contributed by atoms with Gasteiger partial charge in [-0.1, -0.05) is 18.5 Å². The smallest absolute Gasteiger partial charge is 0.326 e. The monoisotopic (exact) mass is 446 g/mol. The molecule has 1 aliphatic heterocycles. The first-order chi connectivity index (χ1) is 14.2. The fraction of sp³-hybridized carbons (Fsp3) is 0.318. The van der Waals surface area contributed by atoms with E-state index in [9.17, 15) is 14.4 Å². The topological polar surface area (TPSA) is 68.6 Å². The quantitative estimate of drug-likeness (QED) is 0.454. The minimum atomic E-state index is -0.589. The van der Waals surface area contributed by atoms with Crippen LogP contribution in [0.3, 0.4) is 0 Å². The Morgan fingerprint density at radius 2 is 1.90 bits per heavy atom. The Labute approximate surface area is 184 Å². The standard InChI is InChI=1S/C22H23ClN2O4S/c1-5-14(3)29-20(26)12-24-21(27)19(30-22(24)28)11-16-10-13(2)25(15(16)4)18-8-6-17(23)7-9-18/h6-11,14H,5,12H2,1-4H3/b19-11+/t14-/m0/s1. The molecule has 0 saturated carbocycles. The maximum atomic E-state index is 12.7. The predicted octanol–water partition coefficient (Wildman–Crippen LogP) is 5.13. The zero-order valence-electron chi connectivity index (χ0n) is 17.3. The van der Waals surface area contributed by atoms with Gasteiger partial charge in [-0.3, -0.25) is 19.3 Å². The number of ether oxygens (including phenoxy) is 1. The Kier molecular flexibility index (Phi) is 6.73. The molecule has 0 bridgehead atoms. The molecule has 6 nitrogen and oxygen atoms in total. The van der Waals surface area contributed by atoms with Crippen molar-refractivity contribution >= 4 is 46.6 Å². The molecule has 8 heteroatoms. The van der Waals surface area contributed by atoms with Gasteiger partial charge in [0.05, 0.1) is 11.0 Å².